The van der Waals surface area contributed by atoms with Gasteiger partial charge in [-0.3, -0.25) is 24.6 Å². The average molecular weight is 433 g/mol. The molecule has 164 valence electrons. The van der Waals surface area contributed by atoms with Crippen molar-refractivity contribution in [2.75, 3.05) is 6.54 Å². The number of benzene rings is 1. The maximum absolute atomic E-state index is 13.0. The van der Waals surface area contributed by atoms with E-state index < -0.39 is 16.7 Å². The number of furan rings is 1. The van der Waals surface area contributed by atoms with Crippen molar-refractivity contribution in [3.05, 3.63) is 69.0 Å². The number of non-ortho nitro benzene ring substituents is 1. The number of imide groups is 1. The van der Waals surface area contributed by atoms with Gasteiger partial charge in [0.05, 0.1) is 4.92 Å². The van der Waals surface area contributed by atoms with Crippen LogP contribution < -0.4 is 0 Å². The maximum atomic E-state index is 13.0. The topological polar surface area (TPSA) is 117 Å². The Kier molecular flexibility index (Phi) is 7.00. The summed E-state index contributed by atoms with van der Waals surface area (Å²) in [6.45, 7) is 3.90. The zero-order valence-corrected chi connectivity index (χ0v) is 18.0. The first kappa shape index (κ1) is 22.7. The number of hydrogen-bond acceptors (Lipinski definition) is 6. The summed E-state index contributed by atoms with van der Waals surface area (Å²) in [5, 5.41) is 20.5. The first-order valence-electron chi connectivity index (χ1n) is 10.4. The standard InChI is InChI=1S/C24H23N3O5/c1-3-4-5-6-12-26-23(28)20(16(2)21(15-25)24(26)29)14-19-10-11-22(32-19)17-8-7-9-18(13-17)27(30)31/h7-11,13-14H,3-6,12H2,1-2H3/b20-14+. The van der Waals surface area contributed by atoms with Crippen LogP contribution in [-0.2, 0) is 9.59 Å². The van der Waals surface area contributed by atoms with Gasteiger partial charge in [-0.05, 0) is 37.1 Å². The van der Waals surface area contributed by atoms with Crippen LogP contribution in [0.1, 0.15) is 45.3 Å². The van der Waals surface area contributed by atoms with Gasteiger partial charge in [-0.25, -0.2) is 0 Å². The van der Waals surface area contributed by atoms with E-state index in [1.165, 1.54) is 18.2 Å². The Balaban J connectivity index is 1.93. The molecule has 0 fully saturated rings. The molecule has 32 heavy (non-hydrogen) atoms. The van der Waals surface area contributed by atoms with E-state index in [9.17, 15) is 25.0 Å². The molecule has 2 aromatic rings. The van der Waals surface area contributed by atoms with Crippen LogP contribution in [0.3, 0.4) is 0 Å². The van der Waals surface area contributed by atoms with Gasteiger partial charge in [-0.15, -0.1) is 0 Å². The fraction of sp³-hybridized carbons (Fsp3) is 0.292. The van der Waals surface area contributed by atoms with Crippen molar-refractivity contribution < 1.29 is 18.9 Å². The minimum absolute atomic E-state index is 0.0585. The van der Waals surface area contributed by atoms with Gasteiger partial charge in [-0.1, -0.05) is 38.3 Å². The van der Waals surface area contributed by atoms with Crippen LogP contribution in [0.15, 0.2) is 57.5 Å². The fourth-order valence-corrected chi connectivity index (χ4v) is 3.53. The van der Waals surface area contributed by atoms with E-state index >= 15 is 0 Å². The molecular formula is C24H23N3O5. The third-order valence-corrected chi connectivity index (χ3v) is 5.32. The van der Waals surface area contributed by atoms with Crippen molar-refractivity contribution in [3.63, 3.8) is 0 Å². The van der Waals surface area contributed by atoms with Crippen molar-refractivity contribution in [1.29, 1.82) is 5.26 Å². The van der Waals surface area contributed by atoms with Crippen molar-refractivity contribution >= 4 is 23.6 Å². The number of unbranched alkanes of at least 4 members (excludes halogenated alkanes) is 3. The summed E-state index contributed by atoms with van der Waals surface area (Å²) in [7, 11) is 0. The lowest BCUT2D eigenvalue weighted by molar-refractivity contribution is -0.384. The van der Waals surface area contributed by atoms with Crippen LogP contribution in [0.5, 0.6) is 0 Å². The lowest BCUT2D eigenvalue weighted by atomic mass is 9.94. The number of rotatable bonds is 8. The fourth-order valence-electron chi connectivity index (χ4n) is 3.53. The molecule has 0 spiro atoms. The Morgan fingerprint density at radius 1 is 1.16 bits per heavy atom. The first-order valence-corrected chi connectivity index (χ1v) is 10.4. The minimum Gasteiger partial charge on any atom is -0.457 e. The van der Waals surface area contributed by atoms with Crippen LogP contribution in [-0.4, -0.2) is 28.2 Å². The van der Waals surface area contributed by atoms with Crippen LogP contribution in [0, 0.1) is 21.4 Å². The van der Waals surface area contributed by atoms with Gasteiger partial charge in [0, 0.05) is 29.8 Å². The number of amides is 2. The summed E-state index contributed by atoms with van der Waals surface area (Å²) in [6, 6.07) is 11.2. The number of nitrogens with zero attached hydrogens (tertiary/aromatic N) is 3. The second-order valence-corrected chi connectivity index (χ2v) is 7.50. The highest BCUT2D eigenvalue weighted by atomic mass is 16.6. The SMILES string of the molecule is CCCCCCN1C(=O)C(C#N)=C(C)/C(=C\c2ccc(-c3cccc([N+](=O)[O-])c3)o2)C1=O. The number of carbonyl (C=O) groups excluding carboxylic acids is 2. The van der Waals surface area contributed by atoms with Crippen LogP contribution in [0.2, 0.25) is 0 Å². The summed E-state index contributed by atoms with van der Waals surface area (Å²) < 4.78 is 5.79. The van der Waals surface area contributed by atoms with Crippen molar-refractivity contribution in [2.45, 2.75) is 39.5 Å². The van der Waals surface area contributed by atoms with Crippen LogP contribution >= 0.6 is 0 Å². The Bertz CT molecular complexity index is 1170. The van der Waals surface area contributed by atoms with E-state index in [0.717, 1.165) is 24.2 Å². The van der Waals surface area contributed by atoms with Gasteiger partial charge < -0.3 is 4.42 Å². The molecule has 3 rings (SSSR count). The molecule has 0 bridgehead atoms. The summed E-state index contributed by atoms with van der Waals surface area (Å²) in [5.41, 5.74) is 0.932. The van der Waals surface area contributed by atoms with Crippen molar-refractivity contribution in [3.8, 4) is 17.4 Å². The lowest BCUT2D eigenvalue weighted by Gasteiger charge is -2.27. The molecule has 8 nitrogen and oxygen atoms in total. The molecule has 8 heteroatoms. The van der Waals surface area contributed by atoms with Crippen LogP contribution in [0.25, 0.3) is 17.4 Å². The van der Waals surface area contributed by atoms with E-state index in [4.69, 9.17) is 4.42 Å². The number of nitro benzene ring substituents is 1. The second kappa shape index (κ2) is 9.88. The quantitative estimate of drug-likeness (QED) is 0.189. The highest BCUT2D eigenvalue weighted by Crippen LogP contribution is 2.30. The van der Waals surface area contributed by atoms with Gasteiger partial charge in [0.1, 0.15) is 23.2 Å². The minimum atomic E-state index is -0.569. The number of carbonyl (C=O) groups is 2. The normalized spacial score (nSPS) is 15.4. The monoisotopic (exact) mass is 433 g/mol. The van der Waals surface area contributed by atoms with E-state index in [-0.39, 0.29) is 23.4 Å². The van der Waals surface area contributed by atoms with Gasteiger partial charge in [-0.2, -0.15) is 5.26 Å². The Labute approximate surface area is 185 Å². The molecule has 1 aliphatic rings. The molecule has 0 atom stereocenters. The molecule has 1 aromatic heterocycles. The second-order valence-electron chi connectivity index (χ2n) is 7.50. The molecular weight excluding hydrogens is 410 g/mol. The predicted molar refractivity (Wildman–Crippen MR) is 118 cm³/mol. The molecule has 0 aliphatic carbocycles. The summed E-state index contributed by atoms with van der Waals surface area (Å²) in [4.78, 5) is 37.3. The van der Waals surface area contributed by atoms with Crippen molar-refractivity contribution in [2.24, 2.45) is 0 Å². The van der Waals surface area contributed by atoms with Gasteiger partial charge in [0.25, 0.3) is 17.5 Å². The molecule has 0 unspecified atom stereocenters. The lowest BCUT2D eigenvalue weighted by Crippen LogP contribution is -2.43. The van der Waals surface area contributed by atoms with Crippen molar-refractivity contribution in [1.82, 2.24) is 4.90 Å². The highest BCUT2D eigenvalue weighted by molar-refractivity contribution is 6.19. The first-order chi connectivity index (χ1) is 15.4. The number of nitro groups is 1. The van der Waals surface area contributed by atoms with Gasteiger partial charge in [0.15, 0.2) is 0 Å². The Hall–Kier alpha value is -3.99. The number of nitriles is 1. The van der Waals surface area contributed by atoms with E-state index in [1.54, 1.807) is 31.2 Å². The van der Waals surface area contributed by atoms with Gasteiger partial charge in [0.2, 0.25) is 0 Å². The largest absolute Gasteiger partial charge is 0.457 e. The van der Waals surface area contributed by atoms with E-state index in [0.29, 0.717) is 29.1 Å². The third kappa shape index (κ3) is 4.67. The molecule has 2 amide bonds. The van der Waals surface area contributed by atoms with Crippen LogP contribution in [0.4, 0.5) is 5.69 Å². The molecule has 0 N–H and O–H groups in total. The average Bonchev–Trinajstić information content (AvgIpc) is 3.25. The van der Waals surface area contributed by atoms with E-state index in [2.05, 4.69) is 6.92 Å². The zero-order valence-electron chi connectivity index (χ0n) is 18.0. The molecule has 0 saturated carbocycles. The third-order valence-electron chi connectivity index (χ3n) is 5.32. The maximum Gasteiger partial charge on any atom is 0.271 e. The smallest absolute Gasteiger partial charge is 0.271 e. The molecule has 0 saturated heterocycles. The predicted octanol–water partition coefficient (Wildman–Crippen LogP) is 5.03. The molecule has 1 aromatic carbocycles. The molecule has 2 heterocycles. The molecule has 0 radical (unpaired) electrons. The summed E-state index contributed by atoms with van der Waals surface area (Å²) in [6.07, 6.45) is 5.10. The Morgan fingerprint density at radius 3 is 2.62 bits per heavy atom. The Morgan fingerprint density at radius 2 is 1.94 bits per heavy atom. The number of hydrogen-bond donors (Lipinski definition) is 0. The zero-order chi connectivity index (χ0) is 23.3. The van der Waals surface area contributed by atoms with E-state index in [1.807, 2.05) is 6.07 Å². The molecule has 1 aliphatic heterocycles. The summed E-state index contributed by atoms with van der Waals surface area (Å²) >= 11 is 0. The van der Waals surface area contributed by atoms with Gasteiger partial charge >= 0.3 is 0 Å². The summed E-state index contributed by atoms with van der Waals surface area (Å²) in [5.74, 6) is -0.290. The highest BCUT2D eigenvalue weighted by Gasteiger charge is 2.35.